The maximum absolute atomic E-state index is 5.59. The molecule has 28 heavy (non-hydrogen) atoms. The fraction of sp³-hybridized carbons (Fsp3) is 0.545. The zero-order chi connectivity index (χ0) is 20.1. The first-order valence-electron chi connectivity index (χ1n) is 10.3. The molecule has 6 heteroatoms. The lowest BCUT2D eigenvalue weighted by atomic mass is 10.1. The third-order valence-corrected chi connectivity index (χ3v) is 5.32. The molecule has 3 rings (SSSR count). The molecule has 2 aromatic rings. The lowest BCUT2D eigenvalue weighted by molar-refractivity contribution is 0.357. The van der Waals surface area contributed by atoms with E-state index < -0.39 is 0 Å². The molecule has 0 amide bonds. The van der Waals surface area contributed by atoms with E-state index in [4.69, 9.17) is 9.73 Å². The van der Waals surface area contributed by atoms with Crippen molar-refractivity contribution in [3.63, 3.8) is 0 Å². The molecule has 0 spiro atoms. The van der Waals surface area contributed by atoms with Gasteiger partial charge in [-0.05, 0) is 63.3 Å². The van der Waals surface area contributed by atoms with Crippen LogP contribution in [0.3, 0.4) is 0 Å². The van der Waals surface area contributed by atoms with Crippen LogP contribution in [-0.2, 0) is 26.3 Å². The largest absolute Gasteiger partial charge is 0.493 e. The molecule has 2 N–H and O–H groups in total. The van der Waals surface area contributed by atoms with Crippen molar-refractivity contribution in [3.8, 4) is 5.75 Å². The molecular formula is C22H33N5O. The molecule has 0 radical (unpaired) electrons. The van der Waals surface area contributed by atoms with Crippen LogP contribution in [0, 0.1) is 13.8 Å². The van der Waals surface area contributed by atoms with Gasteiger partial charge < -0.3 is 15.4 Å². The highest BCUT2D eigenvalue weighted by Gasteiger charge is 2.14. The predicted octanol–water partition coefficient (Wildman–Crippen LogP) is 2.70. The van der Waals surface area contributed by atoms with Crippen LogP contribution in [0.1, 0.15) is 41.9 Å². The van der Waals surface area contributed by atoms with Gasteiger partial charge in [-0.15, -0.1) is 0 Å². The van der Waals surface area contributed by atoms with E-state index in [1.165, 1.54) is 22.4 Å². The van der Waals surface area contributed by atoms with E-state index in [0.717, 1.165) is 56.4 Å². The van der Waals surface area contributed by atoms with Gasteiger partial charge in [0.05, 0.1) is 12.3 Å². The highest BCUT2D eigenvalue weighted by Crippen LogP contribution is 2.25. The van der Waals surface area contributed by atoms with Crippen LogP contribution in [0.2, 0.25) is 0 Å². The van der Waals surface area contributed by atoms with E-state index in [-0.39, 0.29) is 6.04 Å². The Bertz CT molecular complexity index is 840. The molecule has 0 bridgehead atoms. The Balaban J connectivity index is 1.57. The maximum atomic E-state index is 5.59. The number of nitrogens with one attached hydrogen (secondary N) is 2. The molecule has 1 unspecified atom stereocenters. The van der Waals surface area contributed by atoms with Gasteiger partial charge in [0.25, 0.3) is 0 Å². The third kappa shape index (κ3) is 4.86. The number of hydrogen-bond acceptors (Lipinski definition) is 3. The van der Waals surface area contributed by atoms with Gasteiger partial charge in [0.2, 0.25) is 0 Å². The van der Waals surface area contributed by atoms with Gasteiger partial charge in [0, 0.05) is 38.3 Å². The smallest absolute Gasteiger partial charge is 0.191 e. The van der Waals surface area contributed by atoms with Crippen molar-refractivity contribution in [2.45, 2.75) is 53.0 Å². The van der Waals surface area contributed by atoms with Gasteiger partial charge in [-0.25, -0.2) is 0 Å². The van der Waals surface area contributed by atoms with E-state index in [9.17, 15) is 0 Å². The second-order valence-electron chi connectivity index (χ2n) is 7.57. The minimum absolute atomic E-state index is 0.275. The number of aliphatic imine (C=N–C) groups is 1. The molecule has 1 aromatic heterocycles. The van der Waals surface area contributed by atoms with Crippen molar-refractivity contribution >= 4 is 5.96 Å². The second-order valence-corrected chi connectivity index (χ2v) is 7.57. The van der Waals surface area contributed by atoms with Gasteiger partial charge in [-0.2, -0.15) is 5.10 Å². The summed E-state index contributed by atoms with van der Waals surface area (Å²) in [6, 6.07) is 6.77. The third-order valence-electron chi connectivity index (χ3n) is 5.32. The summed E-state index contributed by atoms with van der Waals surface area (Å²) in [6.07, 6.45) is 2.88. The molecule has 0 aliphatic carbocycles. The number of hydrogen-bond donors (Lipinski definition) is 2. The number of fused-ring (bicyclic) bond motifs is 1. The monoisotopic (exact) mass is 383 g/mol. The average molecular weight is 384 g/mol. The minimum Gasteiger partial charge on any atom is -0.493 e. The zero-order valence-electron chi connectivity index (χ0n) is 17.8. The molecule has 0 fully saturated rings. The summed E-state index contributed by atoms with van der Waals surface area (Å²) in [7, 11) is 2.00. The molecular weight excluding hydrogens is 350 g/mol. The van der Waals surface area contributed by atoms with Crippen LogP contribution in [0.5, 0.6) is 5.75 Å². The first kappa shape index (κ1) is 20.2. The van der Waals surface area contributed by atoms with Crippen molar-refractivity contribution in [3.05, 3.63) is 46.3 Å². The van der Waals surface area contributed by atoms with Crippen molar-refractivity contribution in [1.29, 1.82) is 0 Å². The standard InChI is InChI=1S/C22H33N5O/c1-6-23-22(25-15(2)13-20-16(3)26-27(5)17(20)4)24-11-9-18-7-8-21-19(14-18)10-12-28-21/h7-8,14-15H,6,9-13H2,1-5H3,(H2,23,24,25). The number of aromatic nitrogens is 2. The van der Waals surface area contributed by atoms with Gasteiger partial charge in [-0.3, -0.25) is 9.67 Å². The lowest BCUT2D eigenvalue weighted by Crippen LogP contribution is -2.43. The molecule has 0 saturated carbocycles. The fourth-order valence-electron chi connectivity index (χ4n) is 3.72. The molecule has 1 aliphatic heterocycles. The van der Waals surface area contributed by atoms with Gasteiger partial charge >= 0.3 is 0 Å². The van der Waals surface area contributed by atoms with Gasteiger partial charge in [0.15, 0.2) is 5.96 Å². The first-order chi connectivity index (χ1) is 13.5. The van der Waals surface area contributed by atoms with Crippen molar-refractivity contribution < 1.29 is 4.74 Å². The summed E-state index contributed by atoms with van der Waals surface area (Å²) < 4.78 is 7.54. The summed E-state index contributed by atoms with van der Waals surface area (Å²) in [6.45, 7) is 10.9. The summed E-state index contributed by atoms with van der Waals surface area (Å²) in [5.41, 5.74) is 6.30. The van der Waals surface area contributed by atoms with E-state index in [1.54, 1.807) is 0 Å². The topological polar surface area (TPSA) is 63.5 Å². The lowest BCUT2D eigenvalue weighted by Gasteiger charge is -2.18. The molecule has 0 saturated heterocycles. The van der Waals surface area contributed by atoms with Crippen LogP contribution >= 0.6 is 0 Å². The van der Waals surface area contributed by atoms with E-state index in [2.05, 4.69) is 61.6 Å². The zero-order valence-corrected chi connectivity index (χ0v) is 17.8. The van der Waals surface area contributed by atoms with Crippen LogP contribution in [0.15, 0.2) is 23.2 Å². The Kier molecular flexibility index (Phi) is 6.60. The van der Waals surface area contributed by atoms with E-state index in [0.29, 0.717) is 0 Å². The number of rotatable bonds is 7. The molecule has 1 atom stereocenters. The Morgan fingerprint density at radius 2 is 2.18 bits per heavy atom. The predicted molar refractivity (Wildman–Crippen MR) is 114 cm³/mol. The highest BCUT2D eigenvalue weighted by molar-refractivity contribution is 5.80. The number of aryl methyl sites for hydroxylation is 2. The number of ether oxygens (including phenoxy) is 1. The maximum Gasteiger partial charge on any atom is 0.191 e. The average Bonchev–Trinajstić information content (AvgIpc) is 3.21. The number of benzene rings is 1. The van der Waals surface area contributed by atoms with Gasteiger partial charge in [0.1, 0.15) is 5.75 Å². The Morgan fingerprint density at radius 1 is 1.36 bits per heavy atom. The van der Waals surface area contributed by atoms with Crippen LogP contribution in [0.25, 0.3) is 0 Å². The number of nitrogens with zero attached hydrogens (tertiary/aromatic N) is 3. The van der Waals surface area contributed by atoms with Crippen LogP contribution in [-0.4, -0.2) is 41.5 Å². The summed E-state index contributed by atoms with van der Waals surface area (Å²) in [5, 5.41) is 11.4. The Labute approximate surface area is 168 Å². The summed E-state index contributed by atoms with van der Waals surface area (Å²) in [5.74, 6) is 1.91. The Hall–Kier alpha value is -2.50. The van der Waals surface area contributed by atoms with Crippen molar-refractivity contribution in [2.75, 3.05) is 19.7 Å². The highest BCUT2D eigenvalue weighted by atomic mass is 16.5. The minimum atomic E-state index is 0.275. The van der Waals surface area contributed by atoms with Crippen LogP contribution < -0.4 is 15.4 Å². The van der Waals surface area contributed by atoms with E-state index >= 15 is 0 Å². The molecule has 6 nitrogen and oxygen atoms in total. The quantitative estimate of drug-likeness (QED) is 0.570. The van der Waals surface area contributed by atoms with E-state index in [1.807, 2.05) is 11.7 Å². The Morgan fingerprint density at radius 3 is 2.89 bits per heavy atom. The molecule has 1 aromatic carbocycles. The van der Waals surface area contributed by atoms with Crippen LogP contribution in [0.4, 0.5) is 0 Å². The second kappa shape index (κ2) is 9.13. The molecule has 2 heterocycles. The SMILES string of the molecule is CCNC(=NCCc1ccc2c(c1)CCO2)NC(C)Cc1c(C)nn(C)c1C. The van der Waals surface area contributed by atoms with Crippen molar-refractivity contribution in [2.24, 2.45) is 12.0 Å². The summed E-state index contributed by atoms with van der Waals surface area (Å²) in [4.78, 5) is 4.78. The molecule has 1 aliphatic rings. The van der Waals surface area contributed by atoms with Gasteiger partial charge in [-0.1, -0.05) is 12.1 Å². The number of guanidine groups is 1. The van der Waals surface area contributed by atoms with Crippen molar-refractivity contribution in [1.82, 2.24) is 20.4 Å². The first-order valence-corrected chi connectivity index (χ1v) is 10.3. The normalized spacial score (nSPS) is 14.5. The molecule has 152 valence electrons. The summed E-state index contributed by atoms with van der Waals surface area (Å²) >= 11 is 0. The fourth-order valence-corrected chi connectivity index (χ4v) is 3.72.